The molecular formula is C13H11ClN4O5S. The van der Waals surface area contributed by atoms with Gasteiger partial charge < -0.3 is 14.8 Å². The van der Waals surface area contributed by atoms with Crippen LogP contribution in [0, 0.1) is 0 Å². The summed E-state index contributed by atoms with van der Waals surface area (Å²) >= 11 is 6.04. The zero-order valence-electron chi connectivity index (χ0n) is 12.2. The second kappa shape index (κ2) is 5.80. The molecule has 2 N–H and O–H groups in total. The third-order valence-corrected chi connectivity index (χ3v) is 5.41. The van der Waals surface area contributed by atoms with Gasteiger partial charge in [0.2, 0.25) is 5.95 Å². The van der Waals surface area contributed by atoms with Gasteiger partial charge in [0.05, 0.1) is 39.1 Å². The van der Waals surface area contributed by atoms with Crippen LogP contribution in [0.15, 0.2) is 29.4 Å². The average Bonchev–Trinajstić information content (AvgIpc) is 3.11. The van der Waals surface area contributed by atoms with Crippen LogP contribution in [0.4, 0.5) is 4.79 Å². The third kappa shape index (κ3) is 2.93. The maximum Gasteiger partial charge on any atom is 0.511 e. The number of sulfone groups is 1. The first-order valence-electron chi connectivity index (χ1n) is 6.68. The Morgan fingerprint density at radius 1 is 1.46 bits per heavy atom. The van der Waals surface area contributed by atoms with Gasteiger partial charge in [0, 0.05) is 0 Å². The molecule has 0 radical (unpaired) electrons. The highest BCUT2D eigenvalue weighted by Crippen LogP contribution is 2.28. The van der Waals surface area contributed by atoms with E-state index in [0.717, 1.165) is 0 Å². The molecule has 126 valence electrons. The Morgan fingerprint density at radius 2 is 2.21 bits per heavy atom. The summed E-state index contributed by atoms with van der Waals surface area (Å²) in [6, 6.07) is 2.85. The molecule has 0 atom stereocenters. The standard InChI is InChI=1S/C13H11ClN4O5S/c1-2-24(21,22)11-4-10-9(3-8(11)14)16-12(17-10)18-6-7(5-15-18)23-13(19)20/h3-6H,2H2,1H3,(H,16,17)(H,19,20). The number of nitrogens with one attached hydrogen (secondary N) is 1. The lowest BCUT2D eigenvalue weighted by Gasteiger charge is -2.03. The van der Waals surface area contributed by atoms with Crippen molar-refractivity contribution in [3.63, 3.8) is 0 Å². The maximum absolute atomic E-state index is 12.0. The number of hydrogen-bond donors (Lipinski definition) is 2. The van der Waals surface area contributed by atoms with Gasteiger partial charge in [-0.05, 0) is 12.1 Å². The average molecular weight is 371 g/mol. The number of fused-ring (bicyclic) bond motifs is 1. The molecule has 0 amide bonds. The summed E-state index contributed by atoms with van der Waals surface area (Å²) in [6.45, 7) is 1.53. The van der Waals surface area contributed by atoms with Crippen LogP contribution in [0.25, 0.3) is 17.0 Å². The number of H-pyrrole nitrogens is 1. The van der Waals surface area contributed by atoms with E-state index in [1.807, 2.05) is 0 Å². The lowest BCUT2D eigenvalue weighted by atomic mass is 10.3. The van der Waals surface area contributed by atoms with Crippen LogP contribution >= 0.6 is 11.6 Å². The van der Waals surface area contributed by atoms with Crippen molar-refractivity contribution >= 4 is 38.6 Å². The number of aromatic nitrogens is 4. The number of nitrogens with zero attached hydrogens (tertiary/aromatic N) is 3. The highest BCUT2D eigenvalue weighted by molar-refractivity contribution is 7.91. The minimum Gasteiger partial charge on any atom is -0.449 e. The van der Waals surface area contributed by atoms with Gasteiger partial charge in [0.15, 0.2) is 15.6 Å². The van der Waals surface area contributed by atoms with Crippen LogP contribution < -0.4 is 4.74 Å². The molecule has 3 rings (SSSR count). The first-order valence-corrected chi connectivity index (χ1v) is 8.71. The largest absolute Gasteiger partial charge is 0.511 e. The van der Waals surface area contributed by atoms with Crippen molar-refractivity contribution in [2.24, 2.45) is 0 Å². The SMILES string of the molecule is CCS(=O)(=O)c1cc2[nH]c(-n3cc(OC(=O)O)cn3)nc2cc1Cl. The Bertz CT molecular complexity index is 1040. The van der Waals surface area contributed by atoms with Crippen molar-refractivity contribution in [1.82, 2.24) is 19.7 Å². The van der Waals surface area contributed by atoms with E-state index in [4.69, 9.17) is 16.7 Å². The molecule has 0 saturated carbocycles. The lowest BCUT2D eigenvalue weighted by Crippen LogP contribution is -2.04. The lowest BCUT2D eigenvalue weighted by molar-refractivity contribution is 0.144. The van der Waals surface area contributed by atoms with Crippen molar-refractivity contribution < 1.29 is 23.1 Å². The van der Waals surface area contributed by atoms with E-state index >= 15 is 0 Å². The summed E-state index contributed by atoms with van der Waals surface area (Å²) in [5.74, 6) is 0.205. The van der Waals surface area contributed by atoms with Crippen molar-refractivity contribution in [2.45, 2.75) is 11.8 Å². The zero-order chi connectivity index (χ0) is 17.5. The number of carbonyl (C=O) groups is 1. The number of rotatable bonds is 4. The molecule has 0 aliphatic carbocycles. The Hall–Kier alpha value is -2.59. The molecule has 0 spiro atoms. The van der Waals surface area contributed by atoms with Gasteiger partial charge in [-0.2, -0.15) is 5.10 Å². The summed E-state index contributed by atoms with van der Waals surface area (Å²) in [7, 11) is -3.47. The predicted octanol–water partition coefficient (Wildman–Crippen LogP) is 2.25. The minimum absolute atomic E-state index is 0.0183. The number of halogens is 1. The molecule has 0 unspecified atom stereocenters. The Labute approximate surface area is 140 Å². The molecule has 24 heavy (non-hydrogen) atoms. The number of carboxylic acid groups (broad SMARTS) is 1. The Morgan fingerprint density at radius 3 is 2.88 bits per heavy atom. The van der Waals surface area contributed by atoms with E-state index < -0.39 is 16.0 Å². The van der Waals surface area contributed by atoms with E-state index in [9.17, 15) is 13.2 Å². The summed E-state index contributed by atoms with van der Waals surface area (Å²) in [6.07, 6.45) is 1.07. The summed E-state index contributed by atoms with van der Waals surface area (Å²) in [4.78, 5) is 17.7. The molecule has 3 aromatic rings. The van der Waals surface area contributed by atoms with Crippen molar-refractivity contribution in [1.29, 1.82) is 0 Å². The zero-order valence-corrected chi connectivity index (χ0v) is 13.8. The van der Waals surface area contributed by atoms with Crippen LogP contribution in [-0.4, -0.2) is 45.2 Å². The minimum atomic E-state index is -3.47. The van der Waals surface area contributed by atoms with Gasteiger partial charge >= 0.3 is 6.16 Å². The third-order valence-electron chi connectivity index (χ3n) is 3.22. The van der Waals surface area contributed by atoms with E-state index in [-0.39, 0.29) is 27.4 Å². The number of aromatic amines is 1. The number of imidazole rings is 1. The Balaban J connectivity index is 2.06. The highest BCUT2D eigenvalue weighted by Gasteiger charge is 2.18. The molecule has 0 fully saturated rings. The smallest absolute Gasteiger partial charge is 0.449 e. The van der Waals surface area contributed by atoms with Crippen LogP contribution in [0.3, 0.4) is 0 Å². The second-order valence-corrected chi connectivity index (χ2v) is 7.41. The molecule has 1 aromatic carbocycles. The molecular weight excluding hydrogens is 360 g/mol. The summed E-state index contributed by atoms with van der Waals surface area (Å²) in [5, 5.41) is 12.6. The molecule has 11 heteroatoms. The van der Waals surface area contributed by atoms with Gasteiger partial charge in [-0.1, -0.05) is 18.5 Å². The quantitative estimate of drug-likeness (QED) is 0.674. The molecule has 2 heterocycles. The first-order chi connectivity index (χ1) is 11.3. The van der Waals surface area contributed by atoms with Crippen LogP contribution in [0.1, 0.15) is 6.92 Å². The molecule has 0 aliphatic heterocycles. The van der Waals surface area contributed by atoms with Crippen LogP contribution in [0.2, 0.25) is 5.02 Å². The fourth-order valence-corrected chi connectivity index (χ4v) is 3.55. The van der Waals surface area contributed by atoms with Gasteiger partial charge in [-0.25, -0.2) is 22.9 Å². The Kier molecular flexibility index (Phi) is 3.93. The molecule has 0 aliphatic rings. The summed E-state index contributed by atoms with van der Waals surface area (Å²) in [5.41, 5.74) is 0.902. The van der Waals surface area contributed by atoms with Crippen molar-refractivity contribution in [3.05, 3.63) is 29.5 Å². The number of hydrogen-bond acceptors (Lipinski definition) is 6. The second-order valence-electron chi connectivity index (χ2n) is 4.75. The fraction of sp³-hybridized carbons (Fsp3) is 0.154. The van der Waals surface area contributed by atoms with Gasteiger partial charge in [-0.15, -0.1) is 0 Å². The first kappa shape index (κ1) is 16.3. The predicted molar refractivity (Wildman–Crippen MR) is 84.6 cm³/mol. The molecule has 2 aromatic heterocycles. The van der Waals surface area contributed by atoms with Crippen molar-refractivity contribution in [3.8, 4) is 11.7 Å². The summed E-state index contributed by atoms with van der Waals surface area (Å²) < 4.78 is 29.8. The topological polar surface area (TPSA) is 127 Å². The highest BCUT2D eigenvalue weighted by atomic mass is 35.5. The fourth-order valence-electron chi connectivity index (χ4n) is 2.08. The molecule has 0 bridgehead atoms. The van der Waals surface area contributed by atoms with Gasteiger partial charge in [0.25, 0.3) is 0 Å². The van der Waals surface area contributed by atoms with E-state index in [1.54, 1.807) is 0 Å². The van der Waals surface area contributed by atoms with Crippen LogP contribution in [0.5, 0.6) is 5.75 Å². The van der Waals surface area contributed by atoms with Crippen LogP contribution in [-0.2, 0) is 9.84 Å². The van der Waals surface area contributed by atoms with E-state index in [2.05, 4.69) is 19.8 Å². The monoisotopic (exact) mass is 370 g/mol. The maximum atomic E-state index is 12.0. The normalized spacial score (nSPS) is 11.8. The molecule has 0 saturated heterocycles. The molecule has 9 nitrogen and oxygen atoms in total. The van der Waals surface area contributed by atoms with Crippen molar-refractivity contribution in [2.75, 3.05) is 5.75 Å². The van der Waals surface area contributed by atoms with E-state index in [0.29, 0.717) is 11.0 Å². The number of benzene rings is 1. The number of ether oxygens (including phenoxy) is 1. The van der Waals surface area contributed by atoms with E-state index in [1.165, 1.54) is 36.1 Å². The van der Waals surface area contributed by atoms with Gasteiger partial charge in [0.1, 0.15) is 0 Å². The van der Waals surface area contributed by atoms with Gasteiger partial charge in [-0.3, -0.25) is 0 Å².